The topological polar surface area (TPSA) is 129 Å². The number of nitrogens with one attached hydrogen (secondary N) is 2. The Hall–Kier alpha value is -4.38. The van der Waals surface area contributed by atoms with Gasteiger partial charge in [-0.2, -0.15) is 0 Å². The van der Waals surface area contributed by atoms with Crippen LogP contribution < -0.4 is 14.8 Å². The minimum atomic E-state index is -3.73. The van der Waals surface area contributed by atoms with Gasteiger partial charge in [0.2, 0.25) is 10.0 Å². The minimum absolute atomic E-state index is 0.181. The van der Waals surface area contributed by atoms with Crippen molar-refractivity contribution in [2.75, 3.05) is 18.2 Å². The molecular weight excluding hydrogens is 532 g/mol. The molecule has 4 rings (SSSR count). The molecule has 0 radical (unpaired) electrons. The molecule has 0 aliphatic rings. The SMILES string of the molecule is CCS(=O)(=O)NC(=O)Nc1cccc(Cc2c(-c3ccccc3)n(C(=O)OC(C)(C)C)c3cc(OC)ccc23)n1. The number of sulfonamides is 1. The van der Waals surface area contributed by atoms with Gasteiger partial charge >= 0.3 is 12.1 Å². The lowest BCUT2D eigenvalue weighted by Crippen LogP contribution is -2.35. The second kappa shape index (κ2) is 11.4. The van der Waals surface area contributed by atoms with E-state index in [9.17, 15) is 18.0 Å². The monoisotopic (exact) mass is 564 g/mol. The maximum Gasteiger partial charge on any atom is 0.419 e. The summed E-state index contributed by atoms with van der Waals surface area (Å²) in [4.78, 5) is 30.4. The Kier molecular flexibility index (Phi) is 8.15. The largest absolute Gasteiger partial charge is 0.497 e. The van der Waals surface area contributed by atoms with Gasteiger partial charge in [-0.05, 0) is 63.1 Å². The summed E-state index contributed by atoms with van der Waals surface area (Å²) in [5, 5.41) is 3.27. The molecule has 0 saturated carbocycles. The predicted molar refractivity (Wildman–Crippen MR) is 154 cm³/mol. The molecule has 2 N–H and O–H groups in total. The number of hydrogen-bond acceptors (Lipinski definition) is 7. The number of carbonyl (C=O) groups excluding carboxylic acids is 2. The number of rotatable bonds is 7. The molecule has 4 aromatic rings. The van der Waals surface area contributed by atoms with Crippen LogP contribution in [0.2, 0.25) is 0 Å². The van der Waals surface area contributed by atoms with Gasteiger partial charge in [-0.15, -0.1) is 0 Å². The highest BCUT2D eigenvalue weighted by Crippen LogP contribution is 2.37. The fourth-order valence-electron chi connectivity index (χ4n) is 4.22. The number of amides is 2. The van der Waals surface area contributed by atoms with Crippen LogP contribution in [0.4, 0.5) is 15.4 Å². The van der Waals surface area contributed by atoms with Gasteiger partial charge in [-0.25, -0.2) is 32.3 Å². The molecule has 2 aromatic carbocycles. The van der Waals surface area contributed by atoms with Crippen molar-refractivity contribution in [2.24, 2.45) is 0 Å². The molecule has 0 saturated heterocycles. The second-order valence-electron chi connectivity index (χ2n) is 10.0. The minimum Gasteiger partial charge on any atom is -0.497 e. The van der Waals surface area contributed by atoms with Crippen LogP contribution in [-0.2, 0) is 21.2 Å². The van der Waals surface area contributed by atoms with Crippen molar-refractivity contribution in [3.05, 3.63) is 78.0 Å². The van der Waals surface area contributed by atoms with Gasteiger partial charge in [0.05, 0.1) is 24.1 Å². The first kappa shape index (κ1) is 28.6. The Labute approximate surface area is 233 Å². The zero-order chi connectivity index (χ0) is 29.1. The average Bonchev–Trinajstić information content (AvgIpc) is 3.21. The van der Waals surface area contributed by atoms with E-state index in [0.29, 0.717) is 29.1 Å². The van der Waals surface area contributed by atoms with Crippen LogP contribution >= 0.6 is 0 Å². The number of fused-ring (bicyclic) bond motifs is 1. The molecule has 40 heavy (non-hydrogen) atoms. The van der Waals surface area contributed by atoms with E-state index in [0.717, 1.165) is 16.5 Å². The van der Waals surface area contributed by atoms with Gasteiger partial charge < -0.3 is 9.47 Å². The fraction of sp³-hybridized carbons (Fsp3) is 0.276. The van der Waals surface area contributed by atoms with Crippen molar-refractivity contribution in [3.63, 3.8) is 0 Å². The summed E-state index contributed by atoms with van der Waals surface area (Å²) in [6.45, 7) is 6.86. The lowest BCUT2D eigenvalue weighted by Gasteiger charge is -2.21. The first-order valence-electron chi connectivity index (χ1n) is 12.7. The standard InChI is InChI=1S/C29H32N4O6S/c1-6-40(36,37)32-27(34)31-25-14-10-13-20(30-25)17-23-22-16-15-21(38-5)18-24(22)33(28(35)39-29(2,3)4)26(23)19-11-8-7-9-12-19/h7-16,18H,6,17H2,1-5H3,(H2,30,31,32,34). The molecule has 0 spiro atoms. The fourth-order valence-corrected chi connectivity index (χ4v) is 4.70. The van der Waals surface area contributed by atoms with Gasteiger partial charge in [0.1, 0.15) is 17.2 Å². The molecule has 2 heterocycles. The Morgan fingerprint density at radius 2 is 1.73 bits per heavy atom. The molecule has 11 heteroatoms. The lowest BCUT2D eigenvalue weighted by molar-refractivity contribution is 0.0547. The number of aromatic nitrogens is 2. The van der Waals surface area contributed by atoms with Crippen LogP contribution in [0.3, 0.4) is 0 Å². The smallest absolute Gasteiger partial charge is 0.419 e. The Balaban J connectivity index is 1.84. The summed E-state index contributed by atoms with van der Waals surface area (Å²) in [6, 6.07) is 19.2. The number of carbonyl (C=O) groups is 2. The molecular formula is C29H32N4O6S. The Morgan fingerprint density at radius 1 is 1.00 bits per heavy atom. The molecule has 0 aliphatic carbocycles. The van der Waals surface area contributed by atoms with E-state index in [4.69, 9.17) is 9.47 Å². The van der Waals surface area contributed by atoms with E-state index in [2.05, 4.69) is 10.3 Å². The van der Waals surface area contributed by atoms with Gasteiger partial charge in [-0.3, -0.25) is 5.32 Å². The van der Waals surface area contributed by atoms with E-state index < -0.39 is 27.7 Å². The third kappa shape index (κ3) is 6.60. The van der Waals surface area contributed by atoms with Crippen molar-refractivity contribution in [1.29, 1.82) is 0 Å². The lowest BCUT2D eigenvalue weighted by atomic mass is 10.0. The van der Waals surface area contributed by atoms with Crippen molar-refractivity contribution in [3.8, 4) is 17.0 Å². The van der Waals surface area contributed by atoms with Crippen LogP contribution in [0.25, 0.3) is 22.2 Å². The molecule has 10 nitrogen and oxygen atoms in total. The number of benzene rings is 2. The van der Waals surface area contributed by atoms with Crippen LogP contribution in [0.15, 0.2) is 66.7 Å². The molecule has 0 bridgehead atoms. The van der Waals surface area contributed by atoms with Gasteiger partial charge in [0.25, 0.3) is 0 Å². The Bertz CT molecular complexity index is 1660. The molecule has 2 aromatic heterocycles. The first-order valence-corrected chi connectivity index (χ1v) is 14.3. The number of methoxy groups -OCH3 is 1. The number of ether oxygens (including phenoxy) is 2. The third-order valence-electron chi connectivity index (χ3n) is 5.94. The van der Waals surface area contributed by atoms with E-state index in [-0.39, 0.29) is 11.6 Å². The summed E-state index contributed by atoms with van der Waals surface area (Å²) in [5.41, 5.74) is 2.74. The van der Waals surface area contributed by atoms with E-state index >= 15 is 0 Å². The first-order chi connectivity index (χ1) is 18.9. The van der Waals surface area contributed by atoms with Crippen molar-refractivity contribution >= 4 is 38.9 Å². The third-order valence-corrected chi connectivity index (χ3v) is 7.19. The summed E-state index contributed by atoms with van der Waals surface area (Å²) in [7, 11) is -2.17. The number of nitrogens with zero attached hydrogens (tertiary/aromatic N) is 2. The summed E-state index contributed by atoms with van der Waals surface area (Å²) in [6.07, 6.45) is -0.235. The van der Waals surface area contributed by atoms with Gasteiger partial charge in [0, 0.05) is 23.6 Å². The highest BCUT2D eigenvalue weighted by molar-refractivity contribution is 7.90. The predicted octanol–water partition coefficient (Wildman–Crippen LogP) is 5.56. The van der Waals surface area contributed by atoms with Crippen LogP contribution in [0.5, 0.6) is 5.75 Å². The van der Waals surface area contributed by atoms with Crippen LogP contribution in [0.1, 0.15) is 39.0 Å². The normalized spacial score (nSPS) is 11.7. The van der Waals surface area contributed by atoms with E-state index in [1.807, 2.05) is 68.0 Å². The van der Waals surface area contributed by atoms with E-state index in [1.54, 1.807) is 35.9 Å². The van der Waals surface area contributed by atoms with Crippen LogP contribution in [0, 0.1) is 0 Å². The quantitative estimate of drug-likeness (QED) is 0.301. The average molecular weight is 565 g/mol. The highest BCUT2D eigenvalue weighted by atomic mass is 32.2. The number of hydrogen-bond donors (Lipinski definition) is 2. The number of anilines is 1. The maximum absolute atomic E-state index is 13.6. The molecule has 0 atom stereocenters. The van der Waals surface area contributed by atoms with Crippen molar-refractivity contribution in [2.45, 2.75) is 39.7 Å². The van der Waals surface area contributed by atoms with Crippen LogP contribution in [-0.4, -0.2) is 48.6 Å². The molecule has 0 unspecified atom stereocenters. The molecule has 210 valence electrons. The summed E-state index contributed by atoms with van der Waals surface area (Å²) in [5.74, 6) is 0.529. The van der Waals surface area contributed by atoms with E-state index in [1.165, 1.54) is 6.92 Å². The summed E-state index contributed by atoms with van der Waals surface area (Å²) < 4.78 is 38.3. The maximum atomic E-state index is 13.6. The molecule has 0 fully saturated rings. The zero-order valence-electron chi connectivity index (χ0n) is 23.0. The van der Waals surface area contributed by atoms with Crippen molar-refractivity contribution in [1.82, 2.24) is 14.3 Å². The molecule has 2 amide bonds. The van der Waals surface area contributed by atoms with Gasteiger partial charge in [-0.1, -0.05) is 36.4 Å². The summed E-state index contributed by atoms with van der Waals surface area (Å²) >= 11 is 0. The molecule has 0 aliphatic heterocycles. The van der Waals surface area contributed by atoms with Gasteiger partial charge in [0.15, 0.2) is 0 Å². The number of pyridine rings is 1. The Morgan fingerprint density at radius 3 is 2.38 bits per heavy atom. The van der Waals surface area contributed by atoms with Crippen molar-refractivity contribution < 1.29 is 27.5 Å². The second-order valence-corrected chi connectivity index (χ2v) is 12.1. The highest BCUT2D eigenvalue weighted by Gasteiger charge is 2.27. The number of urea groups is 1. The zero-order valence-corrected chi connectivity index (χ0v) is 23.8.